The molecule has 4 rings (SSSR count). The van der Waals surface area contributed by atoms with E-state index in [0.717, 1.165) is 5.56 Å². The Hall–Kier alpha value is -4.12. The second-order valence-electron chi connectivity index (χ2n) is 6.64. The maximum Gasteiger partial charge on any atom is 0.349 e. The van der Waals surface area contributed by atoms with Crippen molar-refractivity contribution in [2.45, 2.75) is 6.42 Å². The monoisotopic (exact) mass is 397 g/mol. The van der Waals surface area contributed by atoms with Crippen molar-refractivity contribution in [3.63, 3.8) is 0 Å². The van der Waals surface area contributed by atoms with Gasteiger partial charge in [0.25, 0.3) is 5.91 Å². The van der Waals surface area contributed by atoms with E-state index in [0.29, 0.717) is 34.6 Å². The van der Waals surface area contributed by atoms with Crippen LogP contribution in [0.15, 0.2) is 101 Å². The average Bonchev–Trinajstić information content (AvgIpc) is 2.76. The van der Waals surface area contributed by atoms with Crippen LogP contribution in [-0.4, -0.2) is 5.91 Å². The highest BCUT2D eigenvalue weighted by Gasteiger charge is 2.17. The summed E-state index contributed by atoms with van der Waals surface area (Å²) in [5.41, 5.74) is 0.983. The highest BCUT2D eigenvalue weighted by atomic mass is 16.5. The van der Waals surface area contributed by atoms with Crippen molar-refractivity contribution in [1.82, 2.24) is 0 Å². The lowest BCUT2D eigenvalue weighted by molar-refractivity contribution is 0.102. The lowest BCUT2D eigenvalue weighted by atomic mass is 10.1. The number of nitrogens with one attached hydrogen (secondary N) is 1. The molecule has 30 heavy (non-hydrogen) atoms. The first-order valence-electron chi connectivity index (χ1n) is 9.45. The first-order valence-corrected chi connectivity index (χ1v) is 9.45. The van der Waals surface area contributed by atoms with Gasteiger partial charge >= 0.3 is 5.63 Å². The first kappa shape index (κ1) is 19.2. The zero-order valence-electron chi connectivity index (χ0n) is 16.1. The molecule has 0 aliphatic heterocycles. The van der Waals surface area contributed by atoms with Crippen LogP contribution in [-0.2, 0) is 6.42 Å². The largest absolute Gasteiger partial charge is 0.455 e. The number of ether oxygens (including phenoxy) is 1. The smallest absolute Gasteiger partial charge is 0.349 e. The third kappa shape index (κ3) is 4.00. The van der Waals surface area contributed by atoms with Crippen LogP contribution in [0.2, 0.25) is 0 Å². The number of hydrogen-bond acceptors (Lipinski definition) is 4. The number of hydrogen-bond donors (Lipinski definition) is 1. The fourth-order valence-electron chi connectivity index (χ4n) is 3.14. The molecular formula is C25H19NO4. The van der Waals surface area contributed by atoms with Gasteiger partial charge in [0.1, 0.15) is 16.9 Å². The first-order chi connectivity index (χ1) is 14.7. The Kier molecular flexibility index (Phi) is 5.44. The van der Waals surface area contributed by atoms with Crippen LogP contribution in [0.1, 0.15) is 15.9 Å². The standard InChI is InChI=1S/C25H19NO4/c1-2-9-17-10-8-11-18-16-20(25(28)30-23(17)18)24(27)26-21-14-6-7-15-22(21)29-19-12-4-3-5-13-19/h2-8,10-16H,1,9H2,(H,26,27). The van der Waals surface area contributed by atoms with E-state index in [4.69, 9.17) is 9.15 Å². The molecule has 0 saturated heterocycles. The predicted molar refractivity (Wildman–Crippen MR) is 117 cm³/mol. The van der Waals surface area contributed by atoms with Crippen molar-refractivity contribution in [2.75, 3.05) is 5.32 Å². The van der Waals surface area contributed by atoms with Crippen LogP contribution in [0.25, 0.3) is 11.0 Å². The van der Waals surface area contributed by atoms with E-state index in [1.54, 1.807) is 42.5 Å². The van der Waals surface area contributed by atoms with E-state index >= 15 is 0 Å². The summed E-state index contributed by atoms with van der Waals surface area (Å²) >= 11 is 0. The van der Waals surface area contributed by atoms with Gasteiger partial charge in [0.2, 0.25) is 0 Å². The summed E-state index contributed by atoms with van der Waals surface area (Å²) in [6.07, 6.45) is 2.30. The van der Waals surface area contributed by atoms with Crippen molar-refractivity contribution >= 4 is 22.6 Å². The summed E-state index contributed by atoms with van der Waals surface area (Å²) in [6, 6.07) is 23.3. The van der Waals surface area contributed by atoms with Gasteiger partial charge < -0.3 is 14.5 Å². The SMILES string of the molecule is C=CCc1cccc2cc(C(=O)Nc3ccccc3Oc3ccccc3)c(=O)oc12. The molecule has 5 nitrogen and oxygen atoms in total. The minimum atomic E-state index is -0.696. The number of anilines is 1. The van der Waals surface area contributed by atoms with Crippen LogP contribution in [0.5, 0.6) is 11.5 Å². The fraction of sp³-hybridized carbons (Fsp3) is 0.0400. The van der Waals surface area contributed by atoms with Crippen molar-refractivity contribution in [3.05, 3.63) is 113 Å². The Balaban J connectivity index is 1.65. The van der Waals surface area contributed by atoms with Crippen LogP contribution >= 0.6 is 0 Å². The number of benzene rings is 3. The minimum absolute atomic E-state index is 0.0761. The van der Waals surface area contributed by atoms with E-state index in [2.05, 4.69) is 11.9 Å². The number of carbonyl (C=O) groups is 1. The molecule has 0 unspecified atom stereocenters. The Morgan fingerprint density at radius 2 is 1.77 bits per heavy atom. The minimum Gasteiger partial charge on any atom is -0.455 e. The molecule has 0 aliphatic rings. The van der Waals surface area contributed by atoms with Gasteiger partial charge in [0.15, 0.2) is 5.75 Å². The third-order valence-electron chi connectivity index (χ3n) is 4.56. The number of rotatable bonds is 6. The quantitative estimate of drug-likeness (QED) is 0.341. The zero-order valence-corrected chi connectivity index (χ0v) is 16.1. The number of allylic oxidation sites excluding steroid dienone is 1. The van der Waals surface area contributed by atoms with E-state index in [1.165, 1.54) is 0 Å². The number of para-hydroxylation sites is 4. The molecule has 0 saturated carbocycles. The third-order valence-corrected chi connectivity index (χ3v) is 4.56. The Labute approximate surface area is 173 Å². The second-order valence-corrected chi connectivity index (χ2v) is 6.64. The van der Waals surface area contributed by atoms with Gasteiger partial charge in [-0.15, -0.1) is 6.58 Å². The van der Waals surface area contributed by atoms with E-state index < -0.39 is 11.5 Å². The highest BCUT2D eigenvalue weighted by molar-refractivity contribution is 6.06. The number of amides is 1. The van der Waals surface area contributed by atoms with Crippen molar-refractivity contribution in [2.24, 2.45) is 0 Å². The summed E-state index contributed by atoms with van der Waals surface area (Å²) < 4.78 is 11.3. The van der Waals surface area contributed by atoms with Gasteiger partial charge in [-0.1, -0.05) is 54.6 Å². The van der Waals surface area contributed by atoms with Crippen LogP contribution in [0.3, 0.4) is 0 Å². The molecule has 1 amide bonds. The van der Waals surface area contributed by atoms with Gasteiger partial charge in [0.05, 0.1) is 5.69 Å². The van der Waals surface area contributed by atoms with Crippen molar-refractivity contribution in [1.29, 1.82) is 0 Å². The summed E-state index contributed by atoms with van der Waals surface area (Å²) in [5, 5.41) is 3.43. The van der Waals surface area contributed by atoms with Crippen LogP contribution < -0.4 is 15.7 Å². The maximum absolute atomic E-state index is 12.9. The lowest BCUT2D eigenvalue weighted by Gasteiger charge is -2.12. The molecule has 5 heteroatoms. The lowest BCUT2D eigenvalue weighted by Crippen LogP contribution is -2.21. The second kappa shape index (κ2) is 8.49. The van der Waals surface area contributed by atoms with Crippen molar-refractivity contribution in [3.8, 4) is 11.5 Å². The van der Waals surface area contributed by atoms with Crippen LogP contribution in [0.4, 0.5) is 5.69 Å². The number of carbonyl (C=O) groups excluding carboxylic acids is 1. The zero-order chi connectivity index (χ0) is 20.9. The summed E-state index contributed by atoms with van der Waals surface area (Å²) in [6.45, 7) is 3.72. The van der Waals surface area contributed by atoms with Gasteiger partial charge in [-0.25, -0.2) is 4.79 Å². The van der Waals surface area contributed by atoms with E-state index in [-0.39, 0.29) is 5.56 Å². The fourth-order valence-corrected chi connectivity index (χ4v) is 3.14. The Morgan fingerprint density at radius 1 is 1.00 bits per heavy atom. The van der Waals surface area contributed by atoms with Crippen molar-refractivity contribution < 1.29 is 13.9 Å². The topological polar surface area (TPSA) is 68.5 Å². The molecule has 0 aliphatic carbocycles. The molecule has 3 aromatic carbocycles. The van der Waals surface area contributed by atoms with E-state index in [9.17, 15) is 9.59 Å². The molecule has 0 bridgehead atoms. The maximum atomic E-state index is 12.9. The van der Waals surface area contributed by atoms with Gasteiger partial charge in [-0.3, -0.25) is 4.79 Å². The Bertz CT molecular complexity index is 1280. The molecule has 4 aromatic rings. The molecule has 0 spiro atoms. The molecule has 1 heterocycles. The molecule has 0 fully saturated rings. The van der Waals surface area contributed by atoms with Crippen LogP contribution in [0, 0.1) is 0 Å². The summed E-state index contributed by atoms with van der Waals surface area (Å²) in [4.78, 5) is 25.4. The van der Waals surface area contributed by atoms with E-state index in [1.807, 2.05) is 42.5 Å². The summed E-state index contributed by atoms with van der Waals surface area (Å²) in [7, 11) is 0. The molecule has 148 valence electrons. The average molecular weight is 397 g/mol. The molecule has 1 aromatic heterocycles. The highest BCUT2D eigenvalue weighted by Crippen LogP contribution is 2.29. The molecule has 0 atom stereocenters. The normalized spacial score (nSPS) is 10.5. The summed E-state index contributed by atoms with van der Waals surface area (Å²) in [5.74, 6) is 0.540. The molecule has 1 N–H and O–H groups in total. The molecule has 0 radical (unpaired) electrons. The van der Waals surface area contributed by atoms with Gasteiger partial charge in [-0.2, -0.15) is 0 Å². The number of fused-ring (bicyclic) bond motifs is 1. The Morgan fingerprint density at radius 3 is 2.57 bits per heavy atom. The van der Waals surface area contributed by atoms with Gasteiger partial charge in [-0.05, 0) is 42.3 Å². The van der Waals surface area contributed by atoms with Gasteiger partial charge in [0, 0.05) is 5.39 Å². The molecular weight excluding hydrogens is 378 g/mol. The predicted octanol–water partition coefficient (Wildman–Crippen LogP) is 5.57.